The van der Waals surface area contributed by atoms with Gasteiger partial charge in [-0.3, -0.25) is 4.31 Å². The second-order valence-electron chi connectivity index (χ2n) is 4.79. The predicted octanol–water partition coefficient (Wildman–Crippen LogP) is 1.42. The fourth-order valence-electron chi connectivity index (χ4n) is 2.41. The molecule has 2 rings (SSSR count). The van der Waals surface area contributed by atoms with Crippen LogP contribution in [0.15, 0.2) is 18.2 Å². The van der Waals surface area contributed by atoms with E-state index in [1.807, 2.05) is 32.0 Å². The summed E-state index contributed by atoms with van der Waals surface area (Å²) in [6, 6.07) is 5.74. The van der Waals surface area contributed by atoms with Gasteiger partial charge in [-0.05, 0) is 37.5 Å². The number of sulfonamides is 1. The van der Waals surface area contributed by atoms with Crippen LogP contribution in [-0.4, -0.2) is 20.7 Å². The first-order chi connectivity index (χ1) is 7.80. The molecule has 5 heteroatoms. The van der Waals surface area contributed by atoms with E-state index in [1.165, 1.54) is 10.6 Å². The number of anilines is 1. The van der Waals surface area contributed by atoms with Crippen LogP contribution in [0.2, 0.25) is 0 Å². The molecule has 1 aliphatic heterocycles. The maximum atomic E-state index is 11.7. The molecule has 2 unspecified atom stereocenters. The summed E-state index contributed by atoms with van der Waals surface area (Å²) >= 11 is 0. The number of hydrogen-bond acceptors (Lipinski definition) is 3. The molecule has 1 aliphatic rings. The molecule has 0 saturated heterocycles. The fraction of sp³-hybridized carbons (Fsp3) is 0.500. The van der Waals surface area contributed by atoms with Crippen LogP contribution in [0.5, 0.6) is 0 Å². The number of rotatable bonds is 2. The lowest BCUT2D eigenvalue weighted by atomic mass is 10.0. The molecule has 2 N–H and O–H groups in total. The van der Waals surface area contributed by atoms with Gasteiger partial charge in [-0.2, -0.15) is 0 Å². The van der Waals surface area contributed by atoms with E-state index >= 15 is 0 Å². The Morgan fingerprint density at radius 3 is 2.65 bits per heavy atom. The van der Waals surface area contributed by atoms with E-state index in [2.05, 4.69) is 0 Å². The topological polar surface area (TPSA) is 63.4 Å². The van der Waals surface area contributed by atoms with Crippen LogP contribution >= 0.6 is 0 Å². The number of nitrogens with zero attached hydrogens (tertiary/aromatic N) is 1. The van der Waals surface area contributed by atoms with Gasteiger partial charge in [-0.25, -0.2) is 8.42 Å². The zero-order chi connectivity index (χ0) is 12.8. The van der Waals surface area contributed by atoms with Crippen molar-refractivity contribution in [3.05, 3.63) is 29.3 Å². The second-order valence-corrected chi connectivity index (χ2v) is 6.65. The molecule has 0 amide bonds. The smallest absolute Gasteiger partial charge is 0.232 e. The molecule has 17 heavy (non-hydrogen) atoms. The van der Waals surface area contributed by atoms with Crippen molar-refractivity contribution >= 4 is 15.7 Å². The second kappa shape index (κ2) is 3.99. The van der Waals surface area contributed by atoms with Gasteiger partial charge in [0.2, 0.25) is 10.0 Å². The normalized spacial score (nSPS) is 21.4. The minimum atomic E-state index is -3.20. The Balaban J connectivity index is 2.50. The third kappa shape index (κ3) is 2.17. The van der Waals surface area contributed by atoms with Crippen LogP contribution in [0.3, 0.4) is 0 Å². The molecule has 1 aromatic rings. The third-order valence-corrected chi connectivity index (χ3v) is 4.41. The van der Waals surface area contributed by atoms with Gasteiger partial charge in [-0.15, -0.1) is 0 Å². The van der Waals surface area contributed by atoms with Gasteiger partial charge in [0.05, 0.1) is 11.9 Å². The summed E-state index contributed by atoms with van der Waals surface area (Å²) < 4.78 is 24.9. The fourth-order valence-corrected chi connectivity index (χ4v) is 3.67. The van der Waals surface area contributed by atoms with Gasteiger partial charge >= 0.3 is 0 Å². The molecule has 0 aliphatic carbocycles. The Kier molecular flexibility index (Phi) is 2.91. The molecule has 0 radical (unpaired) electrons. The summed E-state index contributed by atoms with van der Waals surface area (Å²) in [6.45, 7) is 3.85. The first-order valence-electron chi connectivity index (χ1n) is 5.68. The minimum absolute atomic E-state index is 0.0108. The molecule has 0 aromatic heterocycles. The molecule has 1 aromatic carbocycles. The van der Waals surface area contributed by atoms with E-state index in [1.54, 1.807) is 0 Å². The largest absolute Gasteiger partial charge is 0.324 e. The van der Waals surface area contributed by atoms with Crippen molar-refractivity contribution in [1.82, 2.24) is 0 Å². The summed E-state index contributed by atoms with van der Waals surface area (Å²) in [5, 5.41) is 0. The molecule has 0 spiro atoms. The highest BCUT2D eigenvalue weighted by Gasteiger charge is 2.32. The maximum Gasteiger partial charge on any atom is 0.232 e. The highest BCUT2D eigenvalue weighted by Crippen LogP contribution is 2.35. The maximum absolute atomic E-state index is 11.7. The van der Waals surface area contributed by atoms with Crippen LogP contribution in [0.1, 0.15) is 31.0 Å². The zero-order valence-electron chi connectivity index (χ0n) is 10.3. The van der Waals surface area contributed by atoms with Crippen LogP contribution < -0.4 is 10.0 Å². The lowest BCUT2D eigenvalue weighted by Gasteiger charge is -2.22. The summed E-state index contributed by atoms with van der Waals surface area (Å²) in [6.07, 6.45) is 2.00. The number of fused-ring (bicyclic) bond motifs is 1. The van der Waals surface area contributed by atoms with E-state index in [9.17, 15) is 8.42 Å². The van der Waals surface area contributed by atoms with Gasteiger partial charge < -0.3 is 5.73 Å². The van der Waals surface area contributed by atoms with Gasteiger partial charge in [0.25, 0.3) is 0 Å². The van der Waals surface area contributed by atoms with Crippen molar-refractivity contribution in [1.29, 1.82) is 0 Å². The standard InChI is InChI=1S/C12H18N2O2S/c1-8-6-11-7-10(9(2)13)4-5-12(11)14(8)17(3,15)16/h4-5,7-9H,6,13H2,1-3H3. The molecule has 4 nitrogen and oxygen atoms in total. The molecule has 94 valence electrons. The van der Waals surface area contributed by atoms with Gasteiger partial charge in [0, 0.05) is 12.1 Å². The molecule has 0 fully saturated rings. The van der Waals surface area contributed by atoms with Gasteiger partial charge in [0.1, 0.15) is 0 Å². The van der Waals surface area contributed by atoms with Crippen molar-refractivity contribution in [3.63, 3.8) is 0 Å². The van der Waals surface area contributed by atoms with Crippen molar-refractivity contribution in [2.45, 2.75) is 32.4 Å². The summed E-state index contributed by atoms with van der Waals surface area (Å²) in [5.41, 5.74) is 8.74. The van der Waals surface area contributed by atoms with Gasteiger partial charge in [-0.1, -0.05) is 12.1 Å². The molecule has 0 saturated carbocycles. The van der Waals surface area contributed by atoms with Crippen molar-refractivity contribution in [2.75, 3.05) is 10.6 Å². The quantitative estimate of drug-likeness (QED) is 0.868. The number of benzene rings is 1. The van der Waals surface area contributed by atoms with Crippen molar-refractivity contribution < 1.29 is 8.42 Å². The van der Waals surface area contributed by atoms with E-state index in [-0.39, 0.29) is 12.1 Å². The van der Waals surface area contributed by atoms with Crippen LogP contribution in [0.25, 0.3) is 0 Å². The van der Waals surface area contributed by atoms with Gasteiger partial charge in [0.15, 0.2) is 0 Å². The Hall–Kier alpha value is -1.07. The molecule has 2 atom stereocenters. The number of hydrogen-bond donors (Lipinski definition) is 1. The molecular weight excluding hydrogens is 236 g/mol. The van der Waals surface area contributed by atoms with E-state index in [0.717, 1.165) is 23.2 Å². The lowest BCUT2D eigenvalue weighted by molar-refractivity contribution is 0.590. The Bertz CT molecular complexity index is 537. The number of nitrogens with two attached hydrogens (primary N) is 1. The van der Waals surface area contributed by atoms with Crippen LogP contribution in [-0.2, 0) is 16.4 Å². The Morgan fingerprint density at radius 2 is 2.12 bits per heavy atom. The van der Waals surface area contributed by atoms with E-state index in [0.29, 0.717) is 0 Å². The zero-order valence-corrected chi connectivity index (χ0v) is 11.2. The molecular formula is C12H18N2O2S. The summed E-state index contributed by atoms with van der Waals surface area (Å²) in [4.78, 5) is 0. The Morgan fingerprint density at radius 1 is 1.47 bits per heavy atom. The highest BCUT2D eigenvalue weighted by molar-refractivity contribution is 7.92. The Labute approximate surface area is 102 Å². The van der Waals surface area contributed by atoms with E-state index in [4.69, 9.17) is 5.73 Å². The minimum Gasteiger partial charge on any atom is -0.324 e. The average molecular weight is 254 g/mol. The molecule has 0 bridgehead atoms. The van der Waals surface area contributed by atoms with E-state index < -0.39 is 10.0 Å². The summed E-state index contributed by atoms with van der Waals surface area (Å²) in [5.74, 6) is 0. The first-order valence-corrected chi connectivity index (χ1v) is 7.53. The summed E-state index contributed by atoms with van der Waals surface area (Å²) in [7, 11) is -3.20. The SMILES string of the molecule is CC(N)c1ccc2c(c1)CC(C)N2S(C)(=O)=O. The highest BCUT2D eigenvalue weighted by atomic mass is 32.2. The van der Waals surface area contributed by atoms with Crippen LogP contribution in [0.4, 0.5) is 5.69 Å². The first kappa shape index (κ1) is 12.4. The monoisotopic (exact) mass is 254 g/mol. The van der Waals surface area contributed by atoms with Crippen LogP contribution in [0, 0.1) is 0 Å². The van der Waals surface area contributed by atoms with Crippen molar-refractivity contribution in [3.8, 4) is 0 Å². The lowest BCUT2D eigenvalue weighted by Crippen LogP contribution is -2.34. The predicted molar refractivity (Wildman–Crippen MR) is 69.5 cm³/mol. The van der Waals surface area contributed by atoms with Crippen molar-refractivity contribution in [2.24, 2.45) is 5.73 Å². The average Bonchev–Trinajstić information content (AvgIpc) is 2.51. The third-order valence-electron chi connectivity index (χ3n) is 3.14. The molecule has 1 heterocycles.